The molecule has 1 aromatic rings. The number of carboxylic acids is 1. The second-order valence-corrected chi connectivity index (χ2v) is 4.20. The number of carbonyl (C=O) groups is 3. The van der Waals surface area contributed by atoms with Crippen molar-refractivity contribution in [1.82, 2.24) is 5.32 Å². The Morgan fingerprint density at radius 2 is 1.90 bits per heavy atom. The number of carboxylic acid groups (broad SMARTS) is 1. The number of aliphatic carboxylic acids is 1. The zero-order valence-corrected chi connectivity index (χ0v) is 11.2. The van der Waals surface area contributed by atoms with Crippen LogP contribution in [0.25, 0.3) is 0 Å². The van der Waals surface area contributed by atoms with Crippen LogP contribution in [0.3, 0.4) is 0 Å². The average Bonchev–Trinajstić information content (AvgIpc) is 2.42. The van der Waals surface area contributed by atoms with Gasteiger partial charge in [0.2, 0.25) is 0 Å². The molecule has 0 aliphatic rings. The SMILES string of the molecule is CC[C@H](NC(=O)OCc1ccccc1)C(=O)CC(=O)O. The number of hydrogen-bond acceptors (Lipinski definition) is 4. The number of Topliss-reactive ketones (excluding diaryl/α,β-unsaturated/α-hetero) is 1. The van der Waals surface area contributed by atoms with Crippen molar-refractivity contribution in [2.75, 3.05) is 0 Å². The van der Waals surface area contributed by atoms with Crippen molar-refractivity contribution in [3.8, 4) is 0 Å². The summed E-state index contributed by atoms with van der Waals surface area (Å²) in [5.41, 5.74) is 0.826. The molecule has 0 radical (unpaired) electrons. The van der Waals surface area contributed by atoms with E-state index in [1.54, 1.807) is 19.1 Å². The van der Waals surface area contributed by atoms with Crippen molar-refractivity contribution in [3.63, 3.8) is 0 Å². The van der Waals surface area contributed by atoms with Crippen LogP contribution in [0, 0.1) is 0 Å². The number of hydrogen-bond donors (Lipinski definition) is 2. The van der Waals surface area contributed by atoms with Gasteiger partial charge in [-0.05, 0) is 12.0 Å². The zero-order valence-electron chi connectivity index (χ0n) is 11.2. The normalized spacial score (nSPS) is 11.4. The molecule has 0 spiro atoms. The quantitative estimate of drug-likeness (QED) is 0.741. The molecule has 0 aromatic heterocycles. The molecule has 6 nitrogen and oxygen atoms in total. The summed E-state index contributed by atoms with van der Waals surface area (Å²) in [5, 5.41) is 10.9. The smallest absolute Gasteiger partial charge is 0.408 e. The lowest BCUT2D eigenvalue weighted by atomic mass is 10.1. The fraction of sp³-hybridized carbons (Fsp3) is 0.357. The summed E-state index contributed by atoms with van der Waals surface area (Å²) >= 11 is 0. The summed E-state index contributed by atoms with van der Waals surface area (Å²) in [4.78, 5) is 33.5. The molecule has 1 amide bonds. The molecule has 0 saturated carbocycles. The van der Waals surface area contributed by atoms with E-state index in [0.29, 0.717) is 6.42 Å². The zero-order chi connectivity index (χ0) is 15.0. The summed E-state index contributed by atoms with van der Waals surface area (Å²) in [6, 6.07) is 8.26. The maximum absolute atomic E-state index is 11.5. The summed E-state index contributed by atoms with van der Waals surface area (Å²) in [7, 11) is 0. The first-order chi connectivity index (χ1) is 9.52. The van der Waals surface area contributed by atoms with Gasteiger partial charge in [-0.25, -0.2) is 4.79 Å². The third kappa shape index (κ3) is 5.51. The average molecular weight is 279 g/mol. The number of carbonyl (C=O) groups excluding carboxylic acids is 2. The Morgan fingerprint density at radius 1 is 1.25 bits per heavy atom. The lowest BCUT2D eigenvalue weighted by Gasteiger charge is -2.14. The van der Waals surface area contributed by atoms with Crippen molar-refractivity contribution in [1.29, 1.82) is 0 Å². The number of rotatable bonds is 7. The minimum absolute atomic E-state index is 0.0935. The maximum Gasteiger partial charge on any atom is 0.408 e. The molecular formula is C14H17NO5. The molecule has 20 heavy (non-hydrogen) atoms. The van der Waals surface area contributed by atoms with Crippen LogP contribution in [-0.2, 0) is 20.9 Å². The highest BCUT2D eigenvalue weighted by Crippen LogP contribution is 2.02. The molecule has 0 unspecified atom stereocenters. The third-order valence-corrected chi connectivity index (χ3v) is 2.63. The Balaban J connectivity index is 2.43. The number of nitrogens with one attached hydrogen (secondary N) is 1. The Morgan fingerprint density at radius 3 is 2.45 bits per heavy atom. The molecule has 1 aromatic carbocycles. The van der Waals surface area contributed by atoms with Gasteiger partial charge in [-0.2, -0.15) is 0 Å². The number of amides is 1. The van der Waals surface area contributed by atoms with Crippen molar-refractivity contribution in [3.05, 3.63) is 35.9 Å². The van der Waals surface area contributed by atoms with Gasteiger partial charge in [-0.3, -0.25) is 9.59 Å². The van der Waals surface area contributed by atoms with Crippen molar-refractivity contribution in [2.45, 2.75) is 32.4 Å². The maximum atomic E-state index is 11.5. The Kier molecular flexibility index (Phi) is 6.22. The number of ether oxygens (including phenoxy) is 1. The number of alkyl carbamates (subject to hydrolysis) is 1. The van der Waals surface area contributed by atoms with E-state index in [2.05, 4.69) is 5.32 Å². The number of benzene rings is 1. The summed E-state index contributed by atoms with van der Waals surface area (Å²) in [6.45, 7) is 1.78. The molecule has 2 N–H and O–H groups in total. The Hall–Kier alpha value is -2.37. The molecule has 0 fully saturated rings. The monoisotopic (exact) mass is 279 g/mol. The predicted octanol–water partition coefficient (Wildman–Crippen LogP) is 1.74. The number of ketones is 1. The Labute approximate surface area is 116 Å². The van der Waals surface area contributed by atoms with Crippen molar-refractivity contribution >= 4 is 17.8 Å². The van der Waals surface area contributed by atoms with Crippen LogP contribution in [0.5, 0.6) is 0 Å². The van der Waals surface area contributed by atoms with Gasteiger partial charge in [0, 0.05) is 0 Å². The summed E-state index contributed by atoms with van der Waals surface area (Å²) in [6.07, 6.45) is -1.04. The molecule has 0 saturated heterocycles. The van der Waals surface area contributed by atoms with Crippen LogP contribution in [0.1, 0.15) is 25.3 Å². The van der Waals surface area contributed by atoms with E-state index < -0.39 is 30.3 Å². The highest BCUT2D eigenvalue weighted by atomic mass is 16.5. The predicted molar refractivity (Wildman–Crippen MR) is 71.1 cm³/mol. The van der Waals surface area contributed by atoms with E-state index in [-0.39, 0.29) is 6.61 Å². The second kappa shape index (κ2) is 7.93. The Bertz CT molecular complexity index is 472. The first kappa shape index (κ1) is 15.7. The van der Waals surface area contributed by atoms with Crippen LogP contribution >= 0.6 is 0 Å². The van der Waals surface area contributed by atoms with Crippen LogP contribution < -0.4 is 5.32 Å². The minimum Gasteiger partial charge on any atom is -0.481 e. The van der Waals surface area contributed by atoms with Gasteiger partial charge in [0.15, 0.2) is 5.78 Å². The largest absolute Gasteiger partial charge is 0.481 e. The first-order valence-corrected chi connectivity index (χ1v) is 6.24. The van der Waals surface area contributed by atoms with Crippen LogP contribution in [-0.4, -0.2) is 29.0 Å². The molecule has 1 atom stereocenters. The van der Waals surface area contributed by atoms with Gasteiger partial charge >= 0.3 is 12.1 Å². The van der Waals surface area contributed by atoms with Crippen LogP contribution in [0.4, 0.5) is 4.79 Å². The lowest BCUT2D eigenvalue weighted by molar-refractivity contribution is -0.140. The summed E-state index contributed by atoms with van der Waals surface area (Å²) in [5.74, 6) is -1.76. The van der Waals surface area contributed by atoms with E-state index in [1.807, 2.05) is 18.2 Å². The van der Waals surface area contributed by atoms with Gasteiger partial charge in [0.05, 0.1) is 6.04 Å². The van der Waals surface area contributed by atoms with E-state index in [0.717, 1.165) is 5.56 Å². The fourth-order valence-electron chi connectivity index (χ4n) is 1.59. The fourth-order valence-corrected chi connectivity index (χ4v) is 1.59. The van der Waals surface area contributed by atoms with E-state index in [1.165, 1.54) is 0 Å². The molecule has 108 valence electrons. The second-order valence-electron chi connectivity index (χ2n) is 4.20. The van der Waals surface area contributed by atoms with E-state index >= 15 is 0 Å². The molecular weight excluding hydrogens is 262 g/mol. The van der Waals surface area contributed by atoms with Crippen molar-refractivity contribution < 1.29 is 24.2 Å². The molecule has 6 heteroatoms. The van der Waals surface area contributed by atoms with Crippen LogP contribution in [0.15, 0.2) is 30.3 Å². The van der Waals surface area contributed by atoms with E-state index in [9.17, 15) is 14.4 Å². The highest BCUT2D eigenvalue weighted by Gasteiger charge is 2.21. The van der Waals surface area contributed by atoms with Crippen LogP contribution in [0.2, 0.25) is 0 Å². The lowest BCUT2D eigenvalue weighted by Crippen LogP contribution is -2.41. The molecule has 0 aliphatic carbocycles. The summed E-state index contributed by atoms with van der Waals surface area (Å²) < 4.78 is 4.97. The first-order valence-electron chi connectivity index (χ1n) is 6.24. The molecule has 0 aliphatic heterocycles. The standard InChI is InChI=1S/C14H17NO5/c1-2-11(12(16)8-13(17)18)15-14(19)20-9-10-6-4-3-5-7-10/h3-7,11H,2,8-9H2,1H3,(H,15,19)(H,17,18)/t11-/m0/s1. The van der Waals surface area contributed by atoms with Gasteiger partial charge in [0.1, 0.15) is 13.0 Å². The highest BCUT2D eigenvalue weighted by molar-refractivity contribution is 5.98. The molecule has 0 heterocycles. The van der Waals surface area contributed by atoms with E-state index in [4.69, 9.17) is 9.84 Å². The molecule has 1 rings (SSSR count). The third-order valence-electron chi connectivity index (χ3n) is 2.63. The minimum atomic E-state index is -1.21. The van der Waals surface area contributed by atoms with Crippen molar-refractivity contribution in [2.24, 2.45) is 0 Å². The van der Waals surface area contributed by atoms with Gasteiger partial charge in [-0.1, -0.05) is 37.3 Å². The van der Waals surface area contributed by atoms with Gasteiger partial charge < -0.3 is 15.2 Å². The van der Waals surface area contributed by atoms with Gasteiger partial charge in [0.25, 0.3) is 0 Å². The molecule has 0 bridgehead atoms. The topological polar surface area (TPSA) is 92.7 Å². The van der Waals surface area contributed by atoms with Gasteiger partial charge in [-0.15, -0.1) is 0 Å².